The van der Waals surface area contributed by atoms with Crippen LogP contribution >= 0.6 is 27.7 Å². The molecule has 0 radical (unpaired) electrons. The molecule has 0 bridgehead atoms. The van der Waals surface area contributed by atoms with Gasteiger partial charge in [-0.2, -0.15) is 13.2 Å². The molecule has 0 unspecified atom stereocenters. The van der Waals surface area contributed by atoms with Gasteiger partial charge in [0.15, 0.2) is 0 Å². The lowest BCUT2D eigenvalue weighted by Gasteiger charge is -2.32. The third kappa shape index (κ3) is 3.48. The predicted octanol–water partition coefficient (Wildman–Crippen LogP) is 4.15. The summed E-state index contributed by atoms with van der Waals surface area (Å²) in [5, 5.41) is 0.385. The molecule has 0 N–H and O–H groups in total. The van der Waals surface area contributed by atoms with Gasteiger partial charge in [-0.25, -0.2) is 9.18 Å². The third-order valence-corrected chi connectivity index (χ3v) is 5.31. The van der Waals surface area contributed by atoms with Gasteiger partial charge in [-0.3, -0.25) is 14.1 Å². The summed E-state index contributed by atoms with van der Waals surface area (Å²) < 4.78 is 55.0. The highest BCUT2D eigenvalue weighted by Crippen LogP contribution is 2.36. The number of thioether (sulfide) groups is 1. The molecule has 140 valence electrons. The van der Waals surface area contributed by atoms with Crippen LogP contribution in [0.3, 0.4) is 0 Å². The number of rotatable bonds is 2. The third-order valence-electron chi connectivity index (χ3n) is 4.13. The Kier molecular flexibility index (Phi) is 4.85. The quantitative estimate of drug-likeness (QED) is 0.643. The van der Waals surface area contributed by atoms with Crippen LogP contribution in [0, 0.1) is 5.82 Å². The molecule has 4 nitrogen and oxygen atoms in total. The van der Waals surface area contributed by atoms with Crippen molar-refractivity contribution >= 4 is 32.7 Å². The Balaban J connectivity index is 2.14. The molecule has 2 aromatic rings. The van der Waals surface area contributed by atoms with Crippen LogP contribution in [0.25, 0.3) is 0 Å². The maximum Gasteiger partial charge on any atom is 0.406 e. The molecular weight excluding hydrogens is 438 g/mol. The summed E-state index contributed by atoms with van der Waals surface area (Å²) in [6.07, 6.45) is -1.66. The molecule has 0 spiro atoms. The minimum Gasteiger partial charge on any atom is -0.289 e. The van der Waals surface area contributed by atoms with E-state index in [2.05, 4.69) is 20.9 Å². The predicted molar refractivity (Wildman–Crippen MR) is 96.3 cm³/mol. The van der Waals surface area contributed by atoms with Gasteiger partial charge in [-0.15, -0.1) is 11.8 Å². The molecule has 0 saturated heterocycles. The number of hydrogen-bond acceptors (Lipinski definition) is 3. The number of fused-ring (bicyclic) bond motifs is 1. The van der Waals surface area contributed by atoms with Crippen molar-refractivity contribution < 1.29 is 17.6 Å². The summed E-state index contributed by atoms with van der Waals surface area (Å²) in [6.45, 7) is 0.226. The van der Waals surface area contributed by atoms with Crippen molar-refractivity contribution in [2.75, 3.05) is 6.26 Å². The van der Waals surface area contributed by atoms with E-state index in [0.717, 1.165) is 6.20 Å². The Morgan fingerprint density at radius 2 is 2.08 bits per heavy atom. The van der Waals surface area contributed by atoms with Crippen LogP contribution in [0.4, 0.5) is 17.6 Å². The second-order valence-electron chi connectivity index (χ2n) is 6.15. The normalized spacial score (nSPS) is 20.0. The van der Waals surface area contributed by atoms with Gasteiger partial charge in [0.05, 0.1) is 12.2 Å². The van der Waals surface area contributed by atoms with Gasteiger partial charge >= 0.3 is 11.9 Å². The van der Waals surface area contributed by atoms with E-state index in [-0.39, 0.29) is 12.1 Å². The van der Waals surface area contributed by atoms with Crippen LogP contribution in [0.5, 0.6) is 0 Å². The van der Waals surface area contributed by atoms with Crippen molar-refractivity contribution in [3.8, 4) is 0 Å². The molecule has 1 aromatic carbocycles. The Hall–Kier alpha value is -1.55. The summed E-state index contributed by atoms with van der Waals surface area (Å²) in [7, 11) is 0. The van der Waals surface area contributed by atoms with Crippen molar-refractivity contribution in [2.24, 2.45) is 4.99 Å². The van der Waals surface area contributed by atoms with Crippen LogP contribution in [0.2, 0.25) is 0 Å². The van der Waals surface area contributed by atoms with E-state index in [9.17, 15) is 22.4 Å². The molecular formula is C16H14BrF4N3OS. The first-order chi connectivity index (χ1) is 12.0. The standard InChI is InChI=1S/C16H14BrF4N3OS/c1-15(10-5-9(17)3-4-11(10)18)7-24-12(13(22-15)26-2)6-23(14(24)25)8-16(19,20)21/h3-6H,7-8H2,1-2H3/t15-/m0/s1. The minimum atomic E-state index is -4.52. The lowest BCUT2D eigenvalue weighted by atomic mass is 9.91. The zero-order valence-corrected chi connectivity index (χ0v) is 16.2. The highest BCUT2D eigenvalue weighted by molar-refractivity contribution is 9.10. The number of alkyl halides is 3. The lowest BCUT2D eigenvalue weighted by molar-refractivity contribution is -0.141. The van der Waals surface area contributed by atoms with Crippen molar-refractivity contribution in [3.63, 3.8) is 0 Å². The summed E-state index contributed by atoms with van der Waals surface area (Å²) in [5.74, 6) is -0.494. The van der Waals surface area contributed by atoms with Gasteiger partial charge in [0.2, 0.25) is 0 Å². The minimum absolute atomic E-state index is 0.0521. The molecule has 0 saturated carbocycles. The first-order valence-corrected chi connectivity index (χ1v) is 9.52. The number of hydrogen-bond donors (Lipinski definition) is 0. The van der Waals surface area contributed by atoms with E-state index in [1.807, 2.05) is 0 Å². The molecule has 1 aliphatic heterocycles. The lowest BCUT2D eigenvalue weighted by Crippen LogP contribution is -2.39. The fourth-order valence-electron chi connectivity index (χ4n) is 2.99. The Morgan fingerprint density at radius 1 is 1.38 bits per heavy atom. The second kappa shape index (κ2) is 6.56. The SMILES string of the molecule is CSC1=N[C@](C)(c2cc(Br)ccc2F)Cn2c1cn(CC(F)(F)F)c2=O. The zero-order valence-electron chi connectivity index (χ0n) is 13.8. The number of halogens is 5. The molecule has 3 rings (SSSR count). The van der Waals surface area contributed by atoms with E-state index in [0.29, 0.717) is 19.8 Å². The van der Waals surface area contributed by atoms with Crippen LogP contribution in [-0.4, -0.2) is 26.6 Å². The van der Waals surface area contributed by atoms with Gasteiger partial charge in [0.1, 0.15) is 22.9 Å². The number of imidazole rings is 1. The van der Waals surface area contributed by atoms with Gasteiger partial charge in [0.25, 0.3) is 0 Å². The highest BCUT2D eigenvalue weighted by atomic mass is 79.9. The monoisotopic (exact) mass is 451 g/mol. The molecule has 0 amide bonds. The van der Waals surface area contributed by atoms with E-state index < -0.39 is 29.8 Å². The van der Waals surface area contributed by atoms with Crippen molar-refractivity contribution in [1.82, 2.24) is 9.13 Å². The average Bonchev–Trinajstić information content (AvgIpc) is 2.83. The van der Waals surface area contributed by atoms with Crippen LogP contribution in [0.15, 0.2) is 38.7 Å². The van der Waals surface area contributed by atoms with Crippen LogP contribution in [0.1, 0.15) is 18.2 Å². The summed E-state index contributed by atoms with van der Waals surface area (Å²) in [5.41, 5.74) is -1.34. The fourth-order valence-corrected chi connectivity index (χ4v) is 4.02. The van der Waals surface area contributed by atoms with Gasteiger partial charge in [-0.05, 0) is 31.4 Å². The first-order valence-electron chi connectivity index (χ1n) is 7.50. The van der Waals surface area contributed by atoms with E-state index in [4.69, 9.17) is 0 Å². The summed E-state index contributed by atoms with van der Waals surface area (Å²) in [4.78, 5) is 17.0. The molecule has 0 aliphatic carbocycles. The van der Waals surface area contributed by atoms with Crippen molar-refractivity contribution in [1.29, 1.82) is 0 Å². The number of aliphatic imine (C=N–C) groups is 1. The average molecular weight is 452 g/mol. The smallest absolute Gasteiger partial charge is 0.289 e. The van der Waals surface area contributed by atoms with Crippen LogP contribution in [-0.2, 0) is 18.6 Å². The Morgan fingerprint density at radius 3 is 2.69 bits per heavy atom. The van der Waals surface area contributed by atoms with Crippen molar-refractivity contribution in [2.45, 2.75) is 31.7 Å². The number of nitrogens with zero attached hydrogens (tertiary/aromatic N) is 3. The largest absolute Gasteiger partial charge is 0.406 e. The van der Waals surface area contributed by atoms with E-state index in [1.165, 1.54) is 22.4 Å². The summed E-state index contributed by atoms with van der Waals surface area (Å²) >= 11 is 4.48. The van der Waals surface area contributed by atoms with E-state index in [1.54, 1.807) is 25.3 Å². The fraction of sp³-hybridized carbons (Fsp3) is 0.375. The first kappa shape index (κ1) is 19.2. The number of benzene rings is 1. The highest BCUT2D eigenvalue weighted by Gasteiger charge is 2.38. The van der Waals surface area contributed by atoms with E-state index >= 15 is 0 Å². The zero-order chi connectivity index (χ0) is 19.3. The molecule has 1 aromatic heterocycles. The Labute approximate surface area is 159 Å². The van der Waals surface area contributed by atoms with Gasteiger partial charge in [0, 0.05) is 16.2 Å². The van der Waals surface area contributed by atoms with Gasteiger partial charge < -0.3 is 0 Å². The summed E-state index contributed by atoms with van der Waals surface area (Å²) in [6, 6.07) is 4.40. The maximum absolute atomic E-state index is 14.4. The molecule has 0 fully saturated rings. The molecule has 2 heterocycles. The molecule has 1 aliphatic rings. The topological polar surface area (TPSA) is 39.3 Å². The second-order valence-corrected chi connectivity index (χ2v) is 7.86. The molecule has 10 heteroatoms. The number of aromatic nitrogens is 2. The van der Waals surface area contributed by atoms with Gasteiger partial charge in [-0.1, -0.05) is 15.9 Å². The molecule has 1 atom stereocenters. The van der Waals surface area contributed by atoms with Crippen LogP contribution < -0.4 is 5.69 Å². The molecule has 26 heavy (non-hydrogen) atoms. The Bertz CT molecular complexity index is 950. The maximum atomic E-state index is 14.4. The van der Waals surface area contributed by atoms with Crippen molar-refractivity contribution in [3.05, 3.63) is 56.4 Å².